The molecule has 0 bridgehead atoms. The molecular formula is C16H19F2NO2. The molecule has 114 valence electrons. The third-order valence-electron chi connectivity index (χ3n) is 5.09. The largest absolute Gasteiger partial charge is 0.480 e. The van der Waals surface area contributed by atoms with Crippen LogP contribution in [-0.4, -0.2) is 28.6 Å². The lowest BCUT2D eigenvalue weighted by atomic mass is 9.94. The highest BCUT2D eigenvalue weighted by Gasteiger charge is 2.49. The highest BCUT2D eigenvalue weighted by atomic mass is 19.1. The Morgan fingerprint density at radius 3 is 2.81 bits per heavy atom. The van der Waals surface area contributed by atoms with Crippen LogP contribution in [0.4, 0.5) is 8.78 Å². The molecule has 3 nitrogen and oxygen atoms in total. The van der Waals surface area contributed by atoms with Crippen molar-refractivity contribution in [3.05, 3.63) is 35.4 Å². The monoisotopic (exact) mass is 295 g/mol. The number of nitrogens with zero attached hydrogens (tertiary/aromatic N) is 1. The van der Waals surface area contributed by atoms with Gasteiger partial charge in [0.1, 0.15) is 17.7 Å². The highest BCUT2D eigenvalue weighted by molar-refractivity contribution is 5.74. The molecule has 1 N–H and O–H groups in total. The van der Waals surface area contributed by atoms with Crippen molar-refractivity contribution in [1.82, 2.24) is 4.90 Å². The number of halogens is 2. The molecule has 1 heterocycles. The van der Waals surface area contributed by atoms with Crippen LogP contribution in [0.15, 0.2) is 18.2 Å². The van der Waals surface area contributed by atoms with E-state index in [2.05, 4.69) is 0 Å². The molecule has 1 aliphatic carbocycles. The van der Waals surface area contributed by atoms with Crippen LogP contribution in [0.1, 0.15) is 37.8 Å². The van der Waals surface area contributed by atoms with Crippen LogP contribution in [0.2, 0.25) is 0 Å². The van der Waals surface area contributed by atoms with E-state index in [1.807, 2.05) is 4.90 Å². The summed E-state index contributed by atoms with van der Waals surface area (Å²) in [5.74, 6) is -1.51. The predicted molar refractivity (Wildman–Crippen MR) is 73.7 cm³/mol. The van der Waals surface area contributed by atoms with Gasteiger partial charge in [0, 0.05) is 24.2 Å². The van der Waals surface area contributed by atoms with Gasteiger partial charge in [0.15, 0.2) is 0 Å². The number of rotatable bonds is 3. The second-order valence-electron chi connectivity index (χ2n) is 6.18. The Balaban J connectivity index is 1.89. The van der Waals surface area contributed by atoms with Gasteiger partial charge in [-0.3, -0.25) is 9.69 Å². The quantitative estimate of drug-likeness (QED) is 0.931. The summed E-state index contributed by atoms with van der Waals surface area (Å²) >= 11 is 0. The van der Waals surface area contributed by atoms with Crippen molar-refractivity contribution >= 4 is 5.97 Å². The molecule has 1 aromatic rings. The molecule has 0 radical (unpaired) electrons. The summed E-state index contributed by atoms with van der Waals surface area (Å²) in [5.41, 5.74) is 0.364. The molecule has 1 aromatic carbocycles. The van der Waals surface area contributed by atoms with Gasteiger partial charge in [0.2, 0.25) is 0 Å². The van der Waals surface area contributed by atoms with Gasteiger partial charge in [-0.15, -0.1) is 0 Å². The second kappa shape index (κ2) is 5.37. The zero-order chi connectivity index (χ0) is 15.1. The van der Waals surface area contributed by atoms with E-state index in [0.29, 0.717) is 18.0 Å². The van der Waals surface area contributed by atoms with Crippen LogP contribution in [0.25, 0.3) is 0 Å². The fourth-order valence-corrected chi connectivity index (χ4v) is 4.08. The van der Waals surface area contributed by atoms with Crippen LogP contribution in [0.3, 0.4) is 0 Å². The number of hydrogen-bond donors (Lipinski definition) is 1. The first-order chi connectivity index (χ1) is 9.99. The first kappa shape index (κ1) is 14.4. The lowest BCUT2D eigenvalue weighted by Gasteiger charge is -2.30. The Labute approximate surface area is 122 Å². The number of carbonyl (C=O) groups is 1. The normalized spacial score (nSPS) is 30.3. The van der Waals surface area contributed by atoms with Crippen LogP contribution in [0, 0.1) is 23.5 Å². The molecular weight excluding hydrogens is 276 g/mol. The summed E-state index contributed by atoms with van der Waals surface area (Å²) in [6, 6.07) is 2.58. The van der Waals surface area contributed by atoms with Crippen molar-refractivity contribution in [2.24, 2.45) is 11.8 Å². The van der Waals surface area contributed by atoms with Gasteiger partial charge in [-0.25, -0.2) is 8.78 Å². The minimum atomic E-state index is -0.834. The van der Waals surface area contributed by atoms with Crippen molar-refractivity contribution in [2.75, 3.05) is 6.54 Å². The average molecular weight is 295 g/mol. The third-order valence-corrected chi connectivity index (χ3v) is 5.09. The second-order valence-corrected chi connectivity index (χ2v) is 6.18. The highest BCUT2D eigenvalue weighted by Crippen LogP contribution is 2.45. The van der Waals surface area contributed by atoms with Gasteiger partial charge in [-0.2, -0.15) is 0 Å². The van der Waals surface area contributed by atoms with Gasteiger partial charge in [-0.05, 0) is 37.7 Å². The summed E-state index contributed by atoms with van der Waals surface area (Å²) < 4.78 is 27.0. The van der Waals surface area contributed by atoms with Crippen molar-refractivity contribution in [2.45, 2.75) is 38.3 Å². The number of carboxylic acids is 1. The summed E-state index contributed by atoms with van der Waals surface area (Å²) in [6.45, 7) is 2.48. The molecule has 2 aliphatic rings. The minimum Gasteiger partial charge on any atom is -0.480 e. The zero-order valence-electron chi connectivity index (χ0n) is 11.9. The van der Waals surface area contributed by atoms with E-state index in [1.54, 1.807) is 6.92 Å². The first-order valence-corrected chi connectivity index (χ1v) is 7.42. The number of benzene rings is 1. The van der Waals surface area contributed by atoms with Gasteiger partial charge in [0.05, 0.1) is 0 Å². The number of fused-ring (bicyclic) bond motifs is 1. The van der Waals surface area contributed by atoms with E-state index < -0.39 is 23.6 Å². The van der Waals surface area contributed by atoms with Crippen molar-refractivity contribution in [1.29, 1.82) is 0 Å². The molecule has 1 aliphatic heterocycles. The van der Waals surface area contributed by atoms with Crippen molar-refractivity contribution in [3.8, 4) is 0 Å². The molecule has 4 unspecified atom stereocenters. The summed E-state index contributed by atoms with van der Waals surface area (Å²) in [7, 11) is 0. The van der Waals surface area contributed by atoms with Crippen LogP contribution < -0.4 is 0 Å². The third kappa shape index (κ3) is 2.44. The molecule has 5 heteroatoms. The fraction of sp³-hybridized carbons (Fsp3) is 0.562. The molecule has 0 amide bonds. The van der Waals surface area contributed by atoms with E-state index in [0.717, 1.165) is 25.3 Å². The Hall–Kier alpha value is -1.49. The van der Waals surface area contributed by atoms with Crippen molar-refractivity contribution < 1.29 is 18.7 Å². The van der Waals surface area contributed by atoms with Crippen LogP contribution in [-0.2, 0) is 4.79 Å². The molecule has 0 aromatic heterocycles. The molecule has 21 heavy (non-hydrogen) atoms. The van der Waals surface area contributed by atoms with Crippen LogP contribution in [0.5, 0.6) is 0 Å². The summed E-state index contributed by atoms with van der Waals surface area (Å²) in [6.07, 6.45) is 3.05. The van der Waals surface area contributed by atoms with E-state index >= 15 is 0 Å². The minimum absolute atomic E-state index is 0.161. The predicted octanol–water partition coefficient (Wildman–Crippen LogP) is 3.21. The average Bonchev–Trinajstić information content (AvgIpc) is 2.96. The maximum absolute atomic E-state index is 14.0. The molecule has 3 rings (SSSR count). The Kier molecular flexibility index (Phi) is 3.69. The van der Waals surface area contributed by atoms with Gasteiger partial charge >= 0.3 is 5.97 Å². The Bertz CT molecular complexity index is 563. The SMILES string of the molecule is CC(c1ccc(F)cc1F)N1CC2CCCC2C1C(=O)O. The van der Waals surface area contributed by atoms with Crippen molar-refractivity contribution in [3.63, 3.8) is 0 Å². The van der Waals surface area contributed by atoms with E-state index in [4.69, 9.17) is 0 Å². The molecule has 0 spiro atoms. The molecule has 4 atom stereocenters. The first-order valence-electron chi connectivity index (χ1n) is 7.42. The molecule has 2 fully saturated rings. The van der Waals surface area contributed by atoms with Gasteiger partial charge in [0.25, 0.3) is 0 Å². The smallest absolute Gasteiger partial charge is 0.321 e. The zero-order valence-corrected chi connectivity index (χ0v) is 11.9. The Morgan fingerprint density at radius 1 is 1.38 bits per heavy atom. The number of carboxylic acid groups (broad SMARTS) is 1. The maximum Gasteiger partial charge on any atom is 0.321 e. The number of hydrogen-bond acceptors (Lipinski definition) is 2. The van der Waals surface area contributed by atoms with E-state index in [1.165, 1.54) is 12.1 Å². The van der Waals surface area contributed by atoms with E-state index in [-0.39, 0.29) is 12.0 Å². The van der Waals surface area contributed by atoms with E-state index in [9.17, 15) is 18.7 Å². The topological polar surface area (TPSA) is 40.5 Å². The lowest BCUT2D eigenvalue weighted by molar-refractivity contribution is -0.144. The molecule has 1 saturated heterocycles. The lowest BCUT2D eigenvalue weighted by Crippen LogP contribution is -2.41. The Morgan fingerprint density at radius 2 is 2.14 bits per heavy atom. The number of aliphatic carboxylic acids is 1. The maximum atomic E-state index is 14.0. The van der Waals surface area contributed by atoms with Gasteiger partial charge < -0.3 is 5.11 Å². The summed E-state index contributed by atoms with van der Waals surface area (Å²) in [5, 5.41) is 9.54. The molecule has 1 saturated carbocycles. The standard InChI is InChI=1S/C16H19F2NO2/c1-9(12-6-5-11(17)7-14(12)18)19-8-10-3-2-4-13(10)15(19)16(20)21/h5-7,9-10,13,15H,2-4,8H2,1H3,(H,20,21). The fourth-order valence-electron chi connectivity index (χ4n) is 4.08. The number of likely N-dealkylation sites (tertiary alicyclic amines) is 1. The summed E-state index contributed by atoms with van der Waals surface area (Å²) in [4.78, 5) is 13.5. The van der Waals surface area contributed by atoms with Crippen LogP contribution >= 0.6 is 0 Å². The van der Waals surface area contributed by atoms with Gasteiger partial charge in [-0.1, -0.05) is 12.5 Å².